The molecule has 2 fully saturated rings. The van der Waals surface area contributed by atoms with Crippen molar-refractivity contribution < 1.29 is 9.90 Å². The second kappa shape index (κ2) is 5.47. The standard InChI is InChI=1S/C14H26N2O2/c1-10(11-5-3-6-11)15-13(18)16-12-7-4-8-14(12,2)9-17/h10-12,17H,3-9H2,1-2H3,(H2,15,16,18). The highest BCUT2D eigenvalue weighted by molar-refractivity contribution is 5.74. The number of carbonyl (C=O) groups excluding carboxylic acids is 1. The van der Waals surface area contributed by atoms with Gasteiger partial charge in [0.1, 0.15) is 0 Å². The highest BCUT2D eigenvalue weighted by atomic mass is 16.3. The topological polar surface area (TPSA) is 61.4 Å². The van der Waals surface area contributed by atoms with E-state index in [9.17, 15) is 9.90 Å². The van der Waals surface area contributed by atoms with Crippen LogP contribution in [0.15, 0.2) is 0 Å². The summed E-state index contributed by atoms with van der Waals surface area (Å²) in [6, 6.07) is 0.303. The van der Waals surface area contributed by atoms with E-state index in [0.29, 0.717) is 5.92 Å². The molecule has 0 aromatic heterocycles. The fraction of sp³-hybridized carbons (Fsp3) is 0.929. The van der Waals surface area contributed by atoms with Crippen LogP contribution in [0.1, 0.15) is 52.4 Å². The van der Waals surface area contributed by atoms with Crippen molar-refractivity contribution in [2.75, 3.05) is 6.61 Å². The van der Waals surface area contributed by atoms with E-state index in [2.05, 4.69) is 24.5 Å². The molecule has 2 aliphatic carbocycles. The molecule has 0 spiro atoms. The number of amides is 2. The molecule has 0 saturated heterocycles. The summed E-state index contributed by atoms with van der Waals surface area (Å²) < 4.78 is 0. The van der Waals surface area contributed by atoms with Crippen molar-refractivity contribution in [2.45, 2.75) is 64.5 Å². The quantitative estimate of drug-likeness (QED) is 0.719. The highest BCUT2D eigenvalue weighted by Crippen LogP contribution is 2.37. The lowest BCUT2D eigenvalue weighted by Gasteiger charge is -2.34. The first kappa shape index (κ1) is 13.7. The van der Waals surface area contributed by atoms with Crippen molar-refractivity contribution >= 4 is 6.03 Å². The Morgan fingerprint density at radius 1 is 1.39 bits per heavy atom. The van der Waals surface area contributed by atoms with Gasteiger partial charge in [-0.15, -0.1) is 0 Å². The first-order valence-electron chi connectivity index (χ1n) is 7.23. The van der Waals surface area contributed by atoms with Gasteiger partial charge in [0, 0.05) is 17.5 Å². The van der Waals surface area contributed by atoms with Gasteiger partial charge in [0.15, 0.2) is 0 Å². The third kappa shape index (κ3) is 2.79. The fourth-order valence-electron chi connectivity index (χ4n) is 3.13. The lowest BCUT2D eigenvalue weighted by atomic mass is 9.80. The van der Waals surface area contributed by atoms with E-state index in [1.54, 1.807) is 0 Å². The molecule has 2 amide bonds. The molecule has 0 heterocycles. The molecule has 2 saturated carbocycles. The summed E-state index contributed by atoms with van der Waals surface area (Å²) in [5.74, 6) is 0.656. The molecule has 3 atom stereocenters. The lowest BCUT2D eigenvalue weighted by Crippen LogP contribution is -2.52. The number of nitrogens with one attached hydrogen (secondary N) is 2. The molecule has 3 N–H and O–H groups in total. The Bertz CT molecular complexity index is 304. The Labute approximate surface area is 110 Å². The number of carbonyl (C=O) groups is 1. The van der Waals surface area contributed by atoms with Gasteiger partial charge in [0.05, 0.1) is 6.61 Å². The Balaban J connectivity index is 1.79. The van der Waals surface area contributed by atoms with Gasteiger partial charge in [-0.1, -0.05) is 19.8 Å². The molecule has 3 unspecified atom stereocenters. The minimum absolute atomic E-state index is 0.0685. The number of rotatable bonds is 4. The summed E-state index contributed by atoms with van der Waals surface area (Å²) in [7, 11) is 0. The molecular weight excluding hydrogens is 228 g/mol. The molecule has 0 aliphatic heterocycles. The molecule has 2 rings (SSSR count). The maximum atomic E-state index is 12.0. The van der Waals surface area contributed by atoms with E-state index in [1.165, 1.54) is 19.3 Å². The number of aliphatic hydroxyl groups is 1. The molecule has 4 nitrogen and oxygen atoms in total. The van der Waals surface area contributed by atoms with Crippen LogP contribution in [0.2, 0.25) is 0 Å². The molecular formula is C14H26N2O2. The summed E-state index contributed by atoms with van der Waals surface area (Å²) in [5.41, 5.74) is -0.142. The van der Waals surface area contributed by atoms with Gasteiger partial charge in [0.25, 0.3) is 0 Å². The summed E-state index contributed by atoms with van der Waals surface area (Å²) >= 11 is 0. The third-order valence-corrected chi connectivity index (χ3v) is 4.96. The third-order valence-electron chi connectivity index (χ3n) is 4.96. The molecule has 0 aromatic rings. The number of hydrogen-bond acceptors (Lipinski definition) is 2. The molecule has 4 heteroatoms. The van der Waals surface area contributed by atoms with Crippen LogP contribution in [0.4, 0.5) is 4.79 Å². The maximum absolute atomic E-state index is 12.0. The van der Waals surface area contributed by atoms with Crippen LogP contribution >= 0.6 is 0 Å². The average Bonchev–Trinajstić information content (AvgIpc) is 2.58. The largest absolute Gasteiger partial charge is 0.396 e. The van der Waals surface area contributed by atoms with Crippen LogP contribution in [-0.2, 0) is 0 Å². The minimum atomic E-state index is -0.142. The molecule has 0 bridgehead atoms. The van der Waals surface area contributed by atoms with E-state index < -0.39 is 0 Å². The first-order valence-corrected chi connectivity index (χ1v) is 7.23. The van der Waals surface area contributed by atoms with Crippen LogP contribution < -0.4 is 10.6 Å². The normalized spacial score (nSPS) is 33.8. The fourth-order valence-corrected chi connectivity index (χ4v) is 3.13. The van der Waals surface area contributed by atoms with Crippen molar-refractivity contribution in [2.24, 2.45) is 11.3 Å². The van der Waals surface area contributed by atoms with Crippen LogP contribution in [0, 0.1) is 11.3 Å². The van der Waals surface area contributed by atoms with Crippen molar-refractivity contribution in [3.8, 4) is 0 Å². The number of urea groups is 1. The molecule has 18 heavy (non-hydrogen) atoms. The SMILES string of the molecule is CC(NC(=O)NC1CCCC1(C)CO)C1CCC1. The zero-order valence-corrected chi connectivity index (χ0v) is 11.5. The van der Waals surface area contributed by atoms with Crippen molar-refractivity contribution in [3.05, 3.63) is 0 Å². The van der Waals surface area contributed by atoms with Crippen molar-refractivity contribution in [1.82, 2.24) is 10.6 Å². The monoisotopic (exact) mass is 254 g/mol. The molecule has 0 aromatic carbocycles. The Morgan fingerprint density at radius 3 is 2.67 bits per heavy atom. The zero-order valence-electron chi connectivity index (χ0n) is 11.5. The Morgan fingerprint density at radius 2 is 2.11 bits per heavy atom. The van der Waals surface area contributed by atoms with E-state index in [4.69, 9.17) is 0 Å². The molecule has 2 aliphatic rings. The van der Waals surface area contributed by atoms with Gasteiger partial charge in [-0.3, -0.25) is 0 Å². The van der Waals surface area contributed by atoms with Gasteiger partial charge in [-0.2, -0.15) is 0 Å². The van der Waals surface area contributed by atoms with Gasteiger partial charge in [-0.05, 0) is 38.5 Å². The van der Waals surface area contributed by atoms with E-state index >= 15 is 0 Å². The van der Waals surface area contributed by atoms with Gasteiger partial charge in [0.2, 0.25) is 0 Å². The van der Waals surface area contributed by atoms with Crippen LogP contribution in [0.3, 0.4) is 0 Å². The van der Waals surface area contributed by atoms with Crippen molar-refractivity contribution in [3.63, 3.8) is 0 Å². The number of aliphatic hydroxyl groups excluding tert-OH is 1. The minimum Gasteiger partial charge on any atom is -0.396 e. The van der Waals surface area contributed by atoms with Gasteiger partial charge < -0.3 is 15.7 Å². The zero-order chi connectivity index (χ0) is 13.2. The predicted molar refractivity (Wildman–Crippen MR) is 71.3 cm³/mol. The predicted octanol–water partition coefficient (Wildman–Crippen LogP) is 2.03. The van der Waals surface area contributed by atoms with Gasteiger partial charge in [-0.25, -0.2) is 4.79 Å². The Hall–Kier alpha value is -0.770. The smallest absolute Gasteiger partial charge is 0.315 e. The summed E-state index contributed by atoms with van der Waals surface area (Å²) in [4.78, 5) is 12.0. The molecule has 104 valence electrons. The van der Waals surface area contributed by atoms with E-state index in [1.807, 2.05) is 0 Å². The first-order chi connectivity index (χ1) is 8.55. The maximum Gasteiger partial charge on any atom is 0.315 e. The van der Waals surface area contributed by atoms with Crippen LogP contribution in [-0.4, -0.2) is 29.8 Å². The molecule has 0 radical (unpaired) electrons. The highest BCUT2D eigenvalue weighted by Gasteiger charge is 2.39. The number of hydrogen-bond donors (Lipinski definition) is 3. The lowest BCUT2D eigenvalue weighted by molar-refractivity contribution is 0.120. The van der Waals surface area contributed by atoms with Gasteiger partial charge >= 0.3 is 6.03 Å². The van der Waals surface area contributed by atoms with E-state index in [0.717, 1.165) is 19.3 Å². The van der Waals surface area contributed by atoms with E-state index in [-0.39, 0.29) is 30.1 Å². The Kier molecular flexibility index (Phi) is 4.15. The van der Waals surface area contributed by atoms with Crippen LogP contribution in [0.5, 0.6) is 0 Å². The van der Waals surface area contributed by atoms with Crippen molar-refractivity contribution in [1.29, 1.82) is 0 Å². The van der Waals surface area contributed by atoms with Crippen LogP contribution in [0.25, 0.3) is 0 Å². The second-order valence-electron chi connectivity index (χ2n) is 6.35. The summed E-state index contributed by atoms with van der Waals surface area (Å²) in [6.45, 7) is 4.29. The second-order valence-corrected chi connectivity index (χ2v) is 6.35. The average molecular weight is 254 g/mol. The summed E-state index contributed by atoms with van der Waals surface area (Å²) in [6.07, 6.45) is 6.82. The summed E-state index contributed by atoms with van der Waals surface area (Å²) in [5, 5.41) is 15.5.